The Morgan fingerprint density at radius 1 is 0.278 bits per heavy atom. The predicted molar refractivity (Wildman–Crippen MR) is 398 cm³/mol. The van der Waals surface area contributed by atoms with E-state index in [1.54, 1.807) is 12.2 Å². The second kappa shape index (κ2) is 30.5. The van der Waals surface area contributed by atoms with E-state index < -0.39 is 58.3 Å². The van der Waals surface area contributed by atoms with Gasteiger partial charge in [0.1, 0.15) is 34.8 Å². The molecule has 0 spiro atoms. The number of anilines is 4. The Morgan fingerprint density at radius 2 is 0.537 bits per heavy atom. The zero-order valence-electron chi connectivity index (χ0n) is 56.5. The summed E-state index contributed by atoms with van der Waals surface area (Å²) >= 11 is 0. The van der Waals surface area contributed by atoms with Gasteiger partial charge in [0, 0.05) is 80.0 Å². The number of rotatable bonds is 19. The summed E-state index contributed by atoms with van der Waals surface area (Å²) in [5.74, 6) is 2.49. The molecule has 108 heavy (non-hydrogen) atoms. The van der Waals surface area contributed by atoms with Gasteiger partial charge in [0.25, 0.3) is 0 Å². The third-order valence-electron chi connectivity index (χ3n) is 17.3. The van der Waals surface area contributed by atoms with Crippen molar-refractivity contribution in [3.63, 3.8) is 0 Å². The van der Waals surface area contributed by atoms with E-state index in [0.717, 1.165) is 44.8 Å². The molecule has 0 radical (unpaired) electrons. The van der Waals surface area contributed by atoms with Crippen molar-refractivity contribution in [2.75, 3.05) is 34.5 Å². The molecule has 0 unspecified atom stereocenters. The van der Waals surface area contributed by atoms with E-state index in [1.165, 1.54) is 12.2 Å². The second-order valence-corrected chi connectivity index (χ2v) is 24.9. The Bertz CT molecular complexity index is 5040. The highest BCUT2D eigenvalue weighted by molar-refractivity contribution is 6.11. The van der Waals surface area contributed by atoms with Crippen LogP contribution in [-0.2, 0) is 24.7 Å². The van der Waals surface area contributed by atoms with Crippen LogP contribution in [0.15, 0.2) is 322 Å². The number of alkyl halides is 12. The molecule has 0 saturated carbocycles. The summed E-state index contributed by atoms with van der Waals surface area (Å²) in [6.07, 6.45) is -4.95. The third-order valence-corrected chi connectivity index (χ3v) is 17.3. The first-order valence-corrected chi connectivity index (χ1v) is 33.8. The van der Waals surface area contributed by atoms with Crippen LogP contribution in [0.3, 0.4) is 0 Å². The lowest BCUT2D eigenvalue weighted by Gasteiger charge is -2.15. The monoisotopic (exact) mass is 1470 g/mol. The number of hydrogen-bond donors (Lipinski definition) is 6. The average molecular weight is 1470 g/mol. The van der Waals surface area contributed by atoms with Crippen molar-refractivity contribution in [3.8, 4) is 11.5 Å². The summed E-state index contributed by atoms with van der Waals surface area (Å²) in [6, 6.07) is 63.1. The summed E-state index contributed by atoms with van der Waals surface area (Å²) in [6.45, 7) is 0.830. The largest absolute Gasteiger partial charge is 0.494 e. The number of H-pyrrole nitrogens is 2. The molecule has 4 aliphatic rings. The minimum Gasteiger partial charge on any atom is -0.494 e. The van der Waals surface area contributed by atoms with Crippen LogP contribution in [0.4, 0.5) is 75.4 Å². The van der Waals surface area contributed by atoms with Crippen LogP contribution in [0.25, 0.3) is 22.3 Å². The highest BCUT2D eigenvalue weighted by Gasteiger charge is 2.39. The fraction of sp³-hybridized carbons (Fsp3) is 0.0952. The van der Waals surface area contributed by atoms with Crippen LogP contribution >= 0.6 is 0 Å². The lowest BCUT2D eigenvalue weighted by molar-refractivity contribution is -0.144. The van der Waals surface area contributed by atoms with E-state index >= 15 is 0 Å². The standard InChI is InChI=1S/C84H60F12N10O2/c85-81(86,87)55-43-56(82(88,89)90)46-61(45-55)99-75-39-35-71(105-75)79(53-21-9-3-10-22-53)67-31-29-65(101-67)77(51-17-5-1-6-18-51)69-33-37-73(103-69)97-59-25-15-27-63(49-59)107-41-13-14-42-108-64-28-16-26-60(50-64)98-74-38-34-70(104-74)78(52-19-7-2-8-20-52)66-30-32-68(102-66)80(54-23-11-4-12-24-54)72-36-40-76(106-72)100-62-47-57(83(91,92)93)44-58(48-62)84(94,95)96/h1-12,15-40,43-50,101-102H,13-14,41-42H2,(H,97,103)(H,98,104)(H,99,105)(H,100,106). The highest BCUT2D eigenvalue weighted by Crippen LogP contribution is 2.43. The van der Waals surface area contributed by atoms with Crippen molar-refractivity contribution in [2.24, 2.45) is 20.0 Å². The van der Waals surface area contributed by atoms with Gasteiger partial charge in [-0.05, 0) is 169 Å². The predicted octanol–water partition coefficient (Wildman–Crippen LogP) is 22.0. The Balaban J connectivity index is 0.611. The number of nitrogens with zero attached hydrogens (tertiary/aromatic N) is 4. The van der Waals surface area contributed by atoms with Gasteiger partial charge < -0.3 is 40.7 Å². The first-order chi connectivity index (χ1) is 52.0. The number of benzene rings is 8. The number of amidine groups is 4. The zero-order chi connectivity index (χ0) is 75.2. The lowest BCUT2D eigenvalue weighted by atomic mass is 10.0. The van der Waals surface area contributed by atoms with Crippen molar-refractivity contribution in [3.05, 3.63) is 369 Å². The molecule has 6 heterocycles. The number of ether oxygens (including phenoxy) is 2. The van der Waals surface area contributed by atoms with Gasteiger partial charge in [-0.1, -0.05) is 133 Å². The molecule has 2 aromatic heterocycles. The van der Waals surface area contributed by atoms with E-state index in [9.17, 15) is 52.7 Å². The maximum Gasteiger partial charge on any atom is 0.416 e. The van der Waals surface area contributed by atoms with Gasteiger partial charge >= 0.3 is 24.7 Å². The first kappa shape index (κ1) is 71.9. The maximum absolute atomic E-state index is 13.8. The summed E-state index contributed by atoms with van der Waals surface area (Å²) < 4.78 is 177. The molecule has 6 N–H and O–H groups in total. The number of halogens is 12. The summed E-state index contributed by atoms with van der Waals surface area (Å²) in [7, 11) is 0. The average Bonchev–Trinajstić information content (AvgIpc) is 1.57. The van der Waals surface area contributed by atoms with Crippen LogP contribution in [-0.4, -0.2) is 46.5 Å². The maximum atomic E-state index is 13.8. The van der Waals surface area contributed by atoms with Crippen molar-refractivity contribution >= 4 is 68.4 Å². The second-order valence-electron chi connectivity index (χ2n) is 24.9. The van der Waals surface area contributed by atoms with Gasteiger partial charge in [0.05, 0.1) is 58.3 Å². The Hall–Kier alpha value is -13.1. The van der Waals surface area contributed by atoms with Gasteiger partial charge in [-0.2, -0.15) is 52.7 Å². The molecule has 10 aromatic rings. The molecular formula is C84H60F12N10O2. The van der Waals surface area contributed by atoms with Crippen LogP contribution in [0, 0.1) is 0 Å². The van der Waals surface area contributed by atoms with Crippen molar-refractivity contribution in [1.29, 1.82) is 0 Å². The SMILES string of the molecule is FC(F)(F)c1cc(NC2=NC(=C(c3ccccc3)c3ccc(C(=C4C=CC(Nc5cccc(OCCCCOc6cccc(NC7=NC(=C(c8ccccc8)c8ccc(C(=C9C=CC(Nc%10cc(C(F)(F)F)cc(C(F)(F)F)c%10)=N9)c9ccccc9)[nH]8)C=C7)c6)c5)=N4)c4ccccc4)[nH]3)C=C2)cc(C(F)(F)F)c1. The summed E-state index contributed by atoms with van der Waals surface area (Å²) in [4.78, 5) is 26.5. The molecule has 8 aromatic carbocycles. The lowest BCUT2D eigenvalue weighted by Crippen LogP contribution is -2.14. The minimum absolute atomic E-state index is 0.0347. The van der Waals surface area contributed by atoms with Crippen LogP contribution < -0.4 is 30.7 Å². The quantitative estimate of drug-likeness (QED) is 0.0351. The molecule has 12 nitrogen and oxygen atoms in total. The highest BCUT2D eigenvalue weighted by atomic mass is 19.4. The number of aliphatic imine (C=N–C) groups is 4. The molecular weight excluding hydrogens is 1410 g/mol. The Morgan fingerprint density at radius 3 is 0.796 bits per heavy atom. The fourth-order valence-corrected chi connectivity index (χ4v) is 12.4. The zero-order valence-corrected chi connectivity index (χ0v) is 56.5. The van der Waals surface area contributed by atoms with Gasteiger partial charge in [-0.15, -0.1) is 0 Å². The van der Waals surface area contributed by atoms with Crippen molar-refractivity contribution < 1.29 is 62.2 Å². The third kappa shape index (κ3) is 17.1. The smallest absolute Gasteiger partial charge is 0.416 e. The van der Waals surface area contributed by atoms with E-state index in [0.29, 0.717) is 130 Å². The number of nitrogens with one attached hydrogen (secondary N) is 6. The molecule has 0 fully saturated rings. The topological polar surface area (TPSA) is 148 Å². The normalized spacial score (nSPS) is 16.1. The van der Waals surface area contributed by atoms with Crippen LogP contribution in [0.5, 0.6) is 11.5 Å². The number of aromatic amines is 2. The van der Waals surface area contributed by atoms with Gasteiger partial charge in [0.15, 0.2) is 0 Å². The Labute approximate surface area is 610 Å². The van der Waals surface area contributed by atoms with Crippen LogP contribution in [0.2, 0.25) is 0 Å². The molecule has 4 aliphatic heterocycles. The van der Waals surface area contributed by atoms with Crippen molar-refractivity contribution in [2.45, 2.75) is 37.5 Å². The number of unbranched alkanes of at least 4 members (excludes halogenated alkanes) is 1. The van der Waals surface area contributed by atoms with E-state index in [2.05, 4.69) is 41.2 Å². The number of hydrogen-bond acceptors (Lipinski definition) is 10. The molecule has 542 valence electrons. The van der Waals surface area contributed by atoms with Gasteiger partial charge in [0.2, 0.25) is 0 Å². The van der Waals surface area contributed by atoms with E-state index in [1.807, 2.05) is 218 Å². The molecule has 0 atom stereocenters. The fourth-order valence-electron chi connectivity index (χ4n) is 12.4. The molecule has 0 bridgehead atoms. The van der Waals surface area contributed by atoms with Gasteiger partial charge in [-0.3, -0.25) is 0 Å². The molecule has 0 saturated heterocycles. The molecule has 0 aliphatic carbocycles. The molecule has 14 rings (SSSR count). The van der Waals surface area contributed by atoms with Gasteiger partial charge in [-0.25, -0.2) is 20.0 Å². The van der Waals surface area contributed by atoms with Crippen LogP contribution in [0.1, 0.15) is 80.1 Å². The first-order valence-electron chi connectivity index (χ1n) is 33.8. The number of aromatic nitrogens is 2. The minimum atomic E-state index is -5.03. The molecule has 24 heteroatoms. The van der Waals surface area contributed by atoms with E-state index in [4.69, 9.17) is 19.5 Å². The number of allylic oxidation sites excluding steroid dienone is 4. The summed E-state index contributed by atoms with van der Waals surface area (Å²) in [5, 5.41) is 12.1. The van der Waals surface area contributed by atoms with E-state index in [-0.39, 0.29) is 23.8 Å². The van der Waals surface area contributed by atoms with Crippen molar-refractivity contribution in [1.82, 2.24) is 9.97 Å². The Kier molecular flexibility index (Phi) is 20.3. The summed E-state index contributed by atoms with van der Waals surface area (Å²) in [5.41, 5.74) is 5.48. The molecule has 0 amide bonds.